The van der Waals surface area contributed by atoms with E-state index in [9.17, 15) is 33.1 Å². The third kappa shape index (κ3) is 4.94. The van der Waals surface area contributed by atoms with Crippen LogP contribution in [0, 0.1) is 5.82 Å². The molecule has 4 rings (SSSR count). The molecule has 3 aromatic rings. The Morgan fingerprint density at radius 2 is 1.94 bits per heavy atom. The van der Waals surface area contributed by atoms with Gasteiger partial charge in [0.15, 0.2) is 5.78 Å². The van der Waals surface area contributed by atoms with Crippen LogP contribution in [0.25, 0.3) is 10.9 Å². The van der Waals surface area contributed by atoms with E-state index >= 15 is 0 Å². The molecule has 0 bridgehead atoms. The number of halogens is 3. The highest BCUT2D eigenvalue weighted by Crippen LogP contribution is 2.26. The fourth-order valence-electron chi connectivity index (χ4n) is 4.37. The number of Topliss-reactive ketones (excluding diaryl/α,β-unsaturated/α-hetero) is 1. The molecule has 2 heterocycles. The Morgan fingerprint density at radius 1 is 1.19 bits per heavy atom. The average molecular weight is 518 g/mol. The van der Waals surface area contributed by atoms with E-state index < -0.39 is 35.8 Å². The molecule has 2 N–H and O–H groups in total. The van der Waals surface area contributed by atoms with Crippen molar-refractivity contribution in [2.45, 2.75) is 38.6 Å². The van der Waals surface area contributed by atoms with E-state index in [1.807, 2.05) is 0 Å². The first kappa shape index (κ1) is 25.3. The van der Waals surface area contributed by atoms with Crippen LogP contribution >= 0.6 is 11.6 Å². The number of likely N-dealkylation sites (tertiary alicyclic amines) is 1. The van der Waals surface area contributed by atoms with Crippen molar-refractivity contribution in [1.82, 2.24) is 14.8 Å². The number of carbonyl (C=O) groups is 4. The predicted molar refractivity (Wildman–Crippen MR) is 127 cm³/mol. The summed E-state index contributed by atoms with van der Waals surface area (Å²) in [5.74, 6) is -3.35. The largest absolute Gasteiger partial charge is 0.478 e. The lowest BCUT2D eigenvalue weighted by molar-refractivity contribution is -0.139. The van der Waals surface area contributed by atoms with Crippen molar-refractivity contribution in [3.63, 3.8) is 0 Å². The summed E-state index contributed by atoms with van der Waals surface area (Å²) in [6.07, 6.45) is -0.208. The predicted octanol–water partition coefficient (Wildman–Crippen LogP) is 3.59. The maximum absolute atomic E-state index is 14.3. The van der Waals surface area contributed by atoms with E-state index in [4.69, 9.17) is 11.6 Å². The van der Waals surface area contributed by atoms with Crippen molar-refractivity contribution in [2.24, 2.45) is 0 Å². The fraction of sp³-hybridized carbons (Fsp3) is 0.280. The van der Waals surface area contributed by atoms with Crippen LogP contribution in [0.15, 0.2) is 42.6 Å². The van der Waals surface area contributed by atoms with Crippen LogP contribution < -0.4 is 5.32 Å². The molecule has 0 saturated carbocycles. The van der Waals surface area contributed by atoms with Gasteiger partial charge in [0, 0.05) is 35.7 Å². The number of fused-ring (bicyclic) bond motifs is 1. The number of ketones is 1. The van der Waals surface area contributed by atoms with Gasteiger partial charge in [-0.3, -0.25) is 14.4 Å². The highest BCUT2D eigenvalue weighted by Gasteiger charge is 2.39. The van der Waals surface area contributed by atoms with Crippen molar-refractivity contribution in [1.29, 1.82) is 0 Å². The Balaban J connectivity index is 1.55. The third-order valence-corrected chi connectivity index (χ3v) is 6.46. The third-order valence-electron chi connectivity index (χ3n) is 6.17. The number of carboxylic acids is 1. The molecule has 8 nitrogen and oxygen atoms in total. The van der Waals surface area contributed by atoms with Crippen LogP contribution in [-0.2, 0) is 22.7 Å². The average Bonchev–Trinajstić information content (AvgIpc) is 3.40. The van der Waals surface area contributed by atoms with Crippen molar-refractivity contribution in [3.8, 4) is 0 Å². The van der Waals surface area contributed by atoms with Crippen molar-refractivity contribution >= 4 is 46.1 Å². The molecular formula is C25H22ClF2N3O5. The van der Waals surface area contributed by atoms with Crippen molar-refractivity contribution < 1.29 is 33.1 Å². The van der Waals surface area contributed by atoms with Gasteiger partial charge < -0.3 is 19.9 Å². The lowest BCUT2D eigenvalue weighted by atomic mass is 10.1. The molecule has 0 unspecified atom stereocenters. The monoisotopic (exact) mass is 517 g/mol. The smallest absolute Gasteiger partial charge is 0.335 e. The van der Waals surface area contributed by atoms with Crippen LogP contribution in [0.5, 0.6) is 0 Å². The Bertz CT molecular complexity index is 1390. The molecule has 1 fully saturated rings. The second-order valence-electron chi connectivity index (χ2n) is 8.59. The second kappa shape index (κ2) is 10.1. The summed E-state index contributed by atoms with van der Waals surface area (Å²) in [6, 6.07) is 7.45. The van der Waals surface area contributed by atoms with Gasteiger partial charge in [0.1, 0.15) is 24.6 Å². The molecule has 2 atom stereocenters. The van der Waals surface area contributed by atoms with Gasteiger partial charge in [0.05, 0.1) is 22.6 Å². The fourth-order valence-corrected chi connectivity index (χ4v) is 4.56. The molecule has 11 heteroatoms. The van der Waals surface area contributed by atoms with E-state index in [1.54, 1.807) is 0 Å². The maximum atomic E-state index is 14.3. The molecule has 1 aliphatic heterocycles. The summed E-state index contributed by atoms with van der Waals surface area (Å²) in [7, 11) is 0. The van der Waals surface area contributed by atoms with Crippen LogP contribution in [0.3, 0.4) is 0 Å². The zero-order chi connectivity index (χ0) is 26.1. The van der Waals surface area contributed by atoms with E-state index in [0.717, 1.165) is 4.90 Å². The van der Waals surface area contributed by atoms with Crippen LogP contribution in [0.4, 0.5) is 8.78 Å². The van der Waals surface area contributed by atoms with Gasteiger partial charge >= 0.3 is 5.97 Å². The first-order chi connectivity index (χ1) is 17.1. The molecule has 36 heavy (non-hydrogen) atoms. The summed E-state index contributed by atoms with van der Waals surface area (Å²) in [5, 5.41) is 12.2. The highest BCUT2D eigenvalue weighted by atomic mass is 35.5. The zero-order valence-corrected chi connectivity index (χ0v) is 19.9. The summed E-state index contributed by atoms with van der Waals surface area (Å²) >= 11 is 5.76. The minimum Gasteiger partial charge on any atom is -0.478 e. The summed E-state index contributed by atoms with van der Waals surface area (Å²) in [5.41, 5.74) is 0.771. The van der Waals surface area contributed by atoms with Crippen LogP contribution in [0.1, 0.15) is 39.6 Å². The highest BCUT2D eigenvalue weighted by molar-refractivity contribution is 6.30. The SMILES string of the molecule is CC(=O)c1cn(CC(=O)N2C[C@H](F)C[C@H]2C(=O)NCc2cccc(Cl)c2F)c2cc(C(=O)O)ccc12. The van der Waals surface area contributed by atoms with E-state index in [2.05, 4.69) is 5.32 Å². The van der Waals surface area contributed by atoms with Gasteiger partial charge in [0.25, 0.3) is 0 Å². The molecule has 1 aromatic heterocycles. The number of benzene rings is 2. The number of nitrogens with zero attached hydrogens (tertiary/aromatic N) is 2. The molecule has 188 valence electrons. The number of rotatable bonds is 7. The van der Waals surface area contributed by atoms with Gasteiger partial charge in [-0.25, -0.2) is 13.6 Å². The van der Waals surface area contributed by atoms with E-state index in [0.29, 0.717) is 16.5 Å². The molecule has 2 aromatic carbocycles. The number of aromatic nitrogens is 1. The minimum absolute atomic E-state index is 0.0279. The zero-order valence-electron chi connectivity index (χ0n) is 19.1. The first-order valence-corrected chi connectivity index (χ1v) is 11.5. The molecule has 1 saturated heterocycles. The molecule has 2 amide bonds. The Hall–Kier alpha value is -3.79. The maximum Gasteiger partial charge on any atom is 0.335 e. The molecule has 0 aliphatic carbocycles. The van der Waals surface area contributed by atoms with Crippen molar-refractivity contribution in [2.75, 3.05) is 6.54 Å². The number of carbonyl (C=O) groups excluding carboxylic acids is 3. The van der Waals surface area contributed by atoms with Crippen LogP contribution in [0.2, 0.25) is 5.02 Å². The first-order valence-electron chi connectivity index (χ1n) is 11.1. The Kier molecular flexibility index (Phi) is 7.07. The Morgan fingerprint density at radius 3 is 2.64 bits per heavy atom. The number of hydrogen-bond donors (Lipinski definition) is 2. The van der Waals surface area contributed by atoms with Gasteiger partial charge in [-0.05, 0) is 25.1 Å². The minimum atomic E-state index is -1.43. The van der Waals surface area contributed by atoms with Crippen molar-refractivity contribution in [3.05, 3.63) is 70.1 Å². The van der Waals surface area contributed by atoms with E-state index in [1.165, 1.54) is 54.1 Å². The summed E-state index contributed by atoms with van der Waals surface area (Å²) in [6.45, 7) is 0.514. The lowest BCUT2D eigenvalue weighted by Crippen LogP contribution is -2.46. The number of carboxylic acid groups (broad SMARTS) is 1. The quantitative estimate of drug-likeness (QED) is 0.466. The summed E-state index contributed by atoms with van der Waals surface area (Å²) in [4.78, 5) is 50.6. The topological polar surface area (TPSA) is 109 Å². The number of amides is 2. The number of alkyl halides is 1. The number of hydrogen-bond acceptors (Lipinski definition) is 4. The molecule has 0 spiro atoms. The van der Waals surface area contributed by atoms with Crippen LogP contribution in [-0.4, -0.2) is 56.9 Å². The van der Waals surface area contributed by atoms with Gasteiger partial charge in [-0.1, -0.05) is 29.8 Å². The molecular weight excluding hydrogens is 496 g/mol. The summed E-state index contributed by atoms with van der Waals surface area (Å²) < 4.78 is 29.9. The second-order valence-corrected chi connectivity index (χ2v) is 9.00. The lowest BCUT2D eigenvalue weighted by Gasteiger charge is -2.24. The van der Waals surface area contributed by atoms with Gasteiger partial charge in [0.2, 0.25) is 11.8 Å². The normalized spacial score (nSPS) is 17.4. The van der Waals surface area contributed by atoms with E-state index in [-0.39, 0.29) is 48.0 Å². The standard InChI is InChI=1S/C25H22ClF2N3O5/c1-13(32)18-11-30(20-7-14(25(35)36)5-6-17(18)20)12-22(33)31-10-16(27)8-21(31)24(34)29-9-15-3-2-4-19(26)23(15)28/h2-7,11,16,21H,8-10,12H2,1H3,(H,29,34)(H,35,36)/t16-,21+/m1/s1. The number of nitrogens with one attached hydrogen (secondary N) is 1. The molecule has 0 radical (unpaired) electrons. The number of aromatic carboxylic acids is 1. The van der Waals surface area contributed by atoms with Gasteiger partial charge in [-0.15, -0.1) is 0 Å². The Labute approximate surface area is 209 Å². The van der Waals surface area contributed by atoms with Gasteiger partial charge in [-0.2, -0.15) is 0 Å². The molecule has 1 aliphatic rings.